The van der Waals surface area contributed by atoms with Gasteiger partial charge in [-0.15, -0.1) is 5.10 Å². The molecule has 3 heterocycles. The van der Waals surface area contributed by atoms with Crippen molar-refractivity contribution in [2.45, 2.75) is 76.7 Å². The van der Waals surface area contributed by atoms with Crippen LogP contribution in [0.5, 0.6) is 5.88 Å². The van der Waals surface area contributed by atoms with Gasteiger partial charge in [-0.3, -0.25) is 4.68 Å². The summed E-state index contributed by atoms with van der Waals surface area (Å²) in [5.74, 6) is 0.858. The van der Waals surface area contributed by atoms with Crippen LogP contribution in [0.15, 0.2) is 22.9 Å². The number of aromatic nitrogens is 3. The molecule has 0 saturated heterocycles. The summed E-state index contributed by atoms with van der Waals surface area (Å²) in [6.07, 6.45) is 8.22. The SMILES string of the molecule is COc1nn([C@H]2CC[C@H](O[Si](C)(C)C(C)(C)C)CC2)cc1-c1cnc(N)c2oc(Cl)cc12. The predicted molar refractivity (Wildman–Crippen MR) is 131 cm³/mol. The molecule has 174 valence electrons. The Bertz CT molecular complexity index is 1110. The van der Waals surface area contributed by atoms with Gasteiger partial charge in [0, 0.05) is 35.5 Å². The first-order valence-electron chi connectivity index (χ1n) is 11.1. The summed E-state index contributed by atoms with van der Waals surface area (Å²) < 4.78 is 19.8. The molecule has 0 bridgehead atoms. The van der Waals surface area contributed by atoms with Crippen LogP contribution in [-0.4, -0.2) is 36.3 Å². The summed E-state index contributed by atoms with van der Waals surface area (Å²) in [5, 5.41) is 6.04. The number of hydrogen-bond donors (Lipinski definition) is 1. The van der Waals surface area contributed by atoms with Crippen LogP contribution >= 0.6 is 11.6 Å². The fourth-order valence-electron chi connectivity index (χ4n) is 4.15. The first kappa shape index (κ1) is 23.1. The number of hydrogen-bond acceptors (Lipinski definition) is 6. The third kappa shape index (κ3) is 4.28. The van der Waals surface area contributed by atoms with Gasteiger partial charge < -0.3 is 19.3 Å². The highest BCUT2D eigenvalue weighted by molar-refractivity contribution is 6.74. The Balaban J connectivity index is 1.55. The number of methoxy groups -OCH3 is 1. The number of nitrogens with two attached hydrogens (primary N) is 1. The first-order chi connectivity index (χ1) is 15.0. The molecule has 1 saturated carbocycles. The Hall–Kier alpha value is -2.03. The second-order valence-corrected chi connectivity index (χ2v) is 15.3. The largest absolute Gasteiger partial charge is 0.479 e. The Kier molecular flexibility index (Phi) is 6.07. The van der Waals surface area contributed by atoms with Crippen LogP contribution in [0, 0.1) is 0 Å². The van der Waals surface area contributed by atoms with E-state index in [-0.39, 0.29) is 10.3 Å². The van der Waals surface area contributed by atoms with Crippen molar-refractivity contribution in [2.75, 3.05) is 12.8 Å². The topological polar surface area (TPSA) is 88.3 Å². The zero-order valence-corrected chi connectivity index (χ0v) is 21.5. The van der Waals surface area contributed by atoms with E-state index in [0.29, 0.717) is 29.4 Å². The molecule has 0 unspecified atom stereocenters. The van der Waals surface area contributed by atoms with Crippen molar-refractivity contribution in [1.82, 2.24) is 14.8 Å². The van der Waals surface area contributed by atoms with Gasteiger partial charge in [-0.2, -0.15) is 0 Å². The number of furan rings is 1. The lowest BCUT2D eigenvalue weighted by Crippen LogP contribution is -2.44. The van der Waals surface area contributed by atoms with Crippen molar-refractivity contribution in [3.63, 3.8) is 0 Å². The molecule has 0 amide bonds. The number of fused-ring (bicyclic) bond motifs is 1. The lowest BCUT2D eigenvalue weighted by molar-refractivity contribution is 0.115. The maximum absolute atomic E-state index is 6.65. The zero-order chi connectivity index (χ0) is 23.3. The van der Waals surface area contributed by atoms with Gasteiger partial charge in [0.2, 0.25) is 5.88 Å². The summed E-state index contributed by atoms with van der Waals surface area (Å²) in [7, 11) is -0.127. The molecule has 9 heteroatoms. The van der Waals surface area contributed by atoms with Crippen LogP contribution in [0.25, 0.3) is 22.1 Å². The number of anilines is 1. The molecule has 0 aromatic carbocycles. The molecule has 32 heavy (non-hydrogen) atoms. The molecule has 2 N–H and O–H groups in total. The van der Waals surface area contributed by atoms with Gasteiger partial charge in [0.15, 0.2) is 24.9 Å². The number of rotatable bonds is 5. The van der Waals surface area contributed by atoms with Crippen LogP contribution in [0.1, 0.15) is 52.5 Å². The van der Waals surface area contributed by atoms with Gasteiger partial charge in [-0.05, 0) is 55.4 Å². The summed E-state index contributed by atoms with van der Waals surface area (Å²) in [5.41, 5.74) is 8.13. The molecular formula is C23H33ClN4O3Si. The van der Waals surface area contributed by atoms with Crippen molar-refractivity contribution in [3.8, 4) is 17.0 Å². The van der Waals surface area contributed by atoms with E-state index in [2.05, 4.69) is 38.8 Å². The summed E-state index contributed by atoms with van der Waals surface area (Å²) in [4.78, 5) is 4.28. The lowest BCUT2D eigenvalue weighted by Gasteiger charge is -2.41. The molecule has 3 aromatic heterocycles. The van der Waals surface area contributed by atoms with Crippen molar-refractivity contribution in [1.29, 1.82) is 0 Å². The summed E-state index contributed by atoms with van der Waals surface area (Å²) in [6, 6.07) is 2.06. The van der Waals surface area contributed by atoms with Crippen LogP contribution in [0.4, 0.5) is 5.82 Å². The van der Waals surface area contributed by atoms with Crippen molar-refractivity contribution in [2.24, 2.45) is 0 Å². The second kappa shape index (κ2) is 8.39. The molecule has 0 atom stereocenters. The predicted octanol–water partition coefficient (Wildman–Crippen LogP) is 6.44. The van der Waals surface area contributed by atoms with E-state index in [9.17, 15) is 0 Å². The fraction of sp³-hybridized carbons (Fsp3) is 0.565. The van der Waals surface area contributed by atoms with E-state index >= 15 is 0 Å². The van der Waals surface area contributed by atoms with E-state index in [0.717, 1.165) is 42.2 Å². The second-order valence-electron chi connectivity index (χ2n) is 10.2. The minimum Gasteiger partial charge on any atom is -0.479 e. The molecule has 0 radical (unpaired) electrons. The van der Waals surface area contributed by atoms with Gasteiger partial charge in [-0.25, -0.2) is 4.98 Å². The fourth-order valence-corrected chi connectivity index (χ4v) is 5.76. The average Bonchev–Trinajstić information content (AvgIpc) is 3.32. The molecule has 0 aliphatic heterocycles. The standard InChI is InChI=1S/C23H33ClN4O3Si/c1-23(2,3)32(5,6)31-15-9-7-14(8-10-15)28-13-18(22(27-28)29-4)17-12-26-21(25)20-16(17)11-19(24)30-20/h11-15H,7-10H2,1-6H3,(H2,25,26)/t14-,15-. The summed E-state index contributed by atoms with van der Waals surface area (Å²) >= 11 is 6.09. The molecule has 3 aromatic rings. The zero-order valence-electron chi connectivity index (χ0n) is 19.7. The maximum atomic E-state index is 6.65. The smallest absolute Gasteiger partial charge is 0.240 e. The maximum Gasteiger partial charge on any atom is 0.240 e. The highest BCUT2D eigenvalue weighted by Gasteiger charge is 2.40. The van der Waals surface area contributed by atoms with E-state index in [4.69, 9.17) is 36.0 Å². The summed E-state index contributed by atoms with van der Waals surface area (Å²) in [6.45, 7) is 11.5. The Morgan fingerprint density at radius 2 is 1.88 bits per heavy atom. The molecule has 0 spiro atoms. The third-order valence-electron chi connectivity index (χ3n) is 7.02. The van der Waals surface area contributed by atoms with Crippen molar-refractivity contribution < 1.29 is 13.6 Å². The molecule has 7 nitrogen and oxygen atoms in total. The van der Waals surface area contributed by atoms with Gasteiger partial charge in [0.05, 0.1) is 18.7 Å². The highest BCUT2D eigenvalue weighted by Crippen LogP contribution is 2.42. The molecule has 4 rings (SSSR count). The van der Waals surface area contributed by atoms with E-state index in [1.807, 2.05) is 10.9 Å². The number of nitrogen functional groups attached to an aromatic ring is 1. The van der Waals surface area contributed by atoms with E-state index < -0.39 is 8.32 Å². The van der Waals surface area contributed by atoms with E-state index in [1.165, 1.54) is 0 Å². The van der Waals surface area contributed by atoms with Crippen LogP contribution in [-0.2, 0) is 4.43 Å². The number of ether oxygens (including phenoxy) is 1. The van der Waals surface area contributed by atoms with Gasteiger partial charge in [-0.1, -0.05) is 20.8 Å². The van der Waals surface area contributed by atoms with Crippen LogP contribution < -0.4 is 10.5 Å². The number of pyridine rings is 1. The molecule has 1 fully saturated rings. The van der Waals surface area contributed by atoms with Gasteiger partial charge >= 0.3 is 0 Å². The minimum absolute atomic E-state index is 0.225. The minimum atomic E-state index is -1.76. The molecule has 1 aliphatic carbocycles. The average molecular weight is 477 g/mol. The van der Waals surface area contributed by atoms with Crippen LogP contribution in [0.2, 0.25) is 23.4 Å². The van der Waals surface area contributed by atoms with Crippen molar-refractivity contribution in [3.05, 3.63) is 23.7 Å². The van der Waals surface area contributed by atoms with E-state index in [1.54, 1.807) is 19.4 Å². The van der Waals surface area contributed by atoms with Gasteiger partial charge in [0.25, 0.3) is 0 Å². The van der Waals surface area contributed by atoms with Gasteiger partial charge in [0.1, 0.15) is 0 Å². The molecule has 1 aliphatic rings. The monoisotopic (exact) mass is 476 g/mol. The highest BCUT2D eigenvalue weighted by atomic mass is 35.5. The molecular weight excluding hydrogens is 444 g/mol. The quantitative estimate of drug-likeness (QED) is 0.426. The number of nitrogens with zero attached hydrogens (tertiary/aromatic N) is 3. The normalized spacial score (nSPS) is 20.1. The lowest BCUT2D eigenvalue weighted by atomic mass is 9.93. The number of halogens is 1. The first-order valence-corrected chi connectivity index (χ1v) is 14.4. The van der Waals surface area contributed by atoms with Crippen LogP contribution in [0.3, 0.4) is 0 Å². The van der Waals surface area contributed by atoms with Crippen molar-refractivity contribution >= 4 is 36.7 Å². The Labute approximate surface area is 195 Å². The Morgan fingerprint density at radius 3 is 2.50 bits per heavy atom. The Morgan fingerprint density at radius 1 is 1.19 bits per heavy atom. The third-order valence-corrected chi connectivity index (χ3v) is 11.7.